The van der Waals surface area contributed by atoms with Gasteiger partial charge in [0.1, 0.15) is 11.0 Å². The highest BCUT2D eigenvalue weighted by Gasteiger charge is 2.10. The second kappa shape index (κ2) is 5.27. The molecule has 4 heteroatoms. The molecule has 0 fully saturated rings. The summed E-state index contributed by atoms with van der Waals surface area (Å²) in [4.78, 5) is 8.57. The lowest BCUT2D eigenvalue weighted by atomic mass is 10.2. The largest absolute Gasteiger partial charge is 0.384 e. The molecule has 1 aromatic heterocycles. The lowest BCUT2D eigenvalue weighted by molar-refractivity contribution is 0.181. The molecule has 1 aromatic rings. The van der Waals surface area contributed by atoms with E-state index in [2.05, 4.69) is 9.97 Å². The number of hydrogen-bond donors (Lipinski definition) is 0. The second-order valence-corrected chi connectivity index (χ2v) is 3.64. The Hall–Kier alpha value is -0.670. The number of rotatable bonds is 4. The van der Waals surface area contributed by atoms with E-state index in [-0.39, 0.29) is 5.92 Å². The fraction of sp³-hybridized carbons (Fsp3) is 0.600. The van der Waals surface area contributed by atoms with Gasteiger partial charge in [-0.05, 0) is 12.5 Å². The molecule has 0 aliphatic carbocycles. The summed E-state index contributed by atoms with van der Waals surface area (Å²) in [5.74, 6) is 0.945. The van der Waals surface area contributed by atoms with E-state index in [0.717, 1.165) is 17.9 Å². The van der Waals surface area contributed by atoms with Crippen LogP contribution in [-0.2, 0) is 11.2 Å². The maximum Gasteiger partial charge on any atom is 0.135 e. The maximum absolute atomic E-state index is 5.88. The van der Waals surface area contributed by atoms with Crippen LogP contribution < -0.4 is 0 Å². The van der Waals surface area contributed by atoms with Crippen LogP contribution in [0.25, 0.3) is 0 Å². The lowest BCUT2D eigenvalue weighted by Gasteiger charge is -2.09. The predicted octanol–water partition coefficient (Wildman–Crippen LogP) is 2.44. The molecule has 1 rings (SSSR count). The average Bonchev–Trinajstić information content (AvgIpc) is 2.17. The summed E-state index contributed by atoms with van der Waals surface area (Å²) >= 11 is 5.88. The summed E-state index contributed by atoms with van der Waals surface area (Å²) in [5.41, 5.74) is 0.975. The molecule has 1 atom stereocenters. The zero-order valence-electron chi connectivity index (χ0n) is 8.75. The van der Waals surface area contributed by atoms with Crippen LogP contribution in [-0.4, -0.2) is 23.7 Å². The average molecular weight is 215 g/mol. The summed E-state index contributed by atoms with van der Waals surface area (Å²) in [6.45, 7) is 4.68. The lowest BCUT2D eigenvalue weighted by Crippen LogP contribution is -2.08. The number of ether oxygens (including phenoxy) is 1. The van der Waals surface area contributed by atoms with Crippen LogP contribution in [0.1, 0.15) is 31.3 Å². The minimum Gasteiger partial charge on any atom is -0.384 e. The van der Waals surface area contributed by atoms with Crippen molar-refractivity contribution in [2.75, 3.05) is 13.7 Å². The van der Waals surface area contributed by atoms with E-state index in [1.807, 2.05) is 13.8 Å². The number of halogens is 1. The molecule has 0 spiro atoms. The Morgan fingerprint density at radius 3 is 2.79 bits per heavy atom. The quantitative estimate of drug-likeness (QED) is 0.723. The monoisotopic (exact) mass is 214 g/mol. The molecule has 0 saturated carbocycles. The highest BCUT2D eigenvalue weighted by atomic mass is 35.5. The molecule has 0 N–H and O–H groups in total. The van der Waals surface area contributed by atoms with Gasteiger partial charge < -0.3 is 4.74 Å². The van der Waals surface area contributed by atoms with Crippen molar-refractivity contribution in [2.24, 2.45) is 0 Å². The van der Waals surface area contributed by atoms with Gasteiger partial charge in [-0.2, -0.15) is 0 Å². The smallest absolute Gasteiger partial charge is 0.135 e. The third-order valence-electron chi connectivity index (χ3n) is 1.98. The molecule has 0 aliphatic rings. The summed E-state index contributed by atoms with van der Waals surface area (Å²) in [5, 5.41) is 0.509. The van der Waals surface area contributed by atoms with Crippen LogP contribution in [0.15, 0.2) is 6.07 Å². The molecule has 0 aromatic carbocycles. The highest BCUT2D eigenvalue weighted by molar-refractivity contribution is 6.29. The molecule has 1 heterocycles. The van der Waals surface area contributed by atoms with E-state index in [4.69, 9.17) is 16.3 Å². The minimum atomic E-state index is 0.184. The molecule has 0 bridgehead atoms. The molecule has 0 aliphatic heterocycles. The minimum absolute atomic E-state index is 0.184. The van der Waals surface area contributed by atoms with Crippen molar-refractivity contribution in [3.63, 3.8) is 0 Å². The number of aryl methyl sites for hydroxylation is 1. The van der Waals surface area contributed by atoms with Crippen LogP contribution in [0.5, 0.6) is 0 Å². The first kappa shape index (κ1) is 11.4. The van der Waals surface area contributed by atoms with Gasteiger partial charge in [0.15, 0.2) is 0 Å². The van der Waals surface area contributed by atoms with Gasteiger partial charge in [0.25, 0.3) is 0 Å². The van der Waals surface area contributed by atoms with Crippen molar-refractivity contribution in [1.82, 2.24) is 9.97 Å². The van der Waals surface area contributed by atoms with Crippen molar-refractivity contribution in [2.45, 2.75) is 26.2 Å². The fourth-order valence-corrected chi connectivity index (χ4v) is 1.42. The molecule has 0 radical (unpaired) electrons. The van der Waals surface area contributed by atoms with Crippen LogP contribution in [0.2, 0.25) is 5.15 Å². The van der Waals surface area contributed by atoms with Gasteiger partial charge in [-0.1, -0.05) is 25.4 Å². The Balaban J connectivity index is 2.90. The third kappa shape index (κ3) is 2.93. The van der Waals surface area contributed by atoms with E-state index in [1.54, 1.807) is 13.2 Å². The van der Waals surface area contributed by atoms with Crippen LogP contribution in [0.3, 0.4) is 0 Å². The molecule has 0 saturated heterocycles. The van der Waals surface area contributed by atoms with E-state index >= 15 is 0 Å². The summed E-state index contributed by atoms with van der Waals surface area (Å²) in [6, 6.07) is 1.80. The number of hydrogen-bond acceptors (Lipinski definition) is 3. The molecular weight excluding hydrogens is 200 g/mol. The van der Waals surface area contributed by atoms with E-state index in [0.29, 0.717) is 11.8 Å². The fourth-order valence-electron chi connectivity index (χ4n) is 1.21. The van der Waals surface area contributed by atoms with Crippen LogP contribution in [0.4, 0.5) is 0 Å². The topological polar surface area (TPSA) is 35.0 Å². The normalized spacial score (nSPS) is 12.9. The van der Waals surface area contributed by atoms with Gasteiger partial charge in [0.2, 0.25) is 0 Å². The number of methoxy groups -OCH3 is 1. The Labute approximate surface area is 89.5 Å². The Bertz CT molecular complexity index is 304. The van der Waals surface area contributed by atoms with Gasteiger partial charge in [-0.15, -0.1) is 0 Å². The van der Waals surface area contributed by atoms with Gasteiger partial charge in [-0.3, -0.25) is 0 Å². The number of nitrogens with zero attached hydrogens (tertiary/aromatic N) is 2. The van der Waals surface area contributed by atoms with Crippen LogP contribution in [0, 0.1) is 0 Å². The standard InChI is InChI=1S/C10H15ClN2O/c1-4-8-5-9(11)13-10(12-8)7(2)6-14-3/h5,7H,4,6H2,1-3H3. The molecule has 78 valence electrons. The first-order chi connectivity index (χ1) is 6.67. The second-order valence-electron chi connectivity index (χ2n) is 3.25. The summed E-state index contributed by atoms with van der Waals surface area (Å²) in [6.07, 6.45) is 0.870. The summed E-state index contributed by atoms with van der Waals surface area (Å²) < 4.78 is 5.05. The highest BCUT2D eigenvalue weighted by Crippen LogP contribution is 2.15. The molecule has 3 nitrogen and oxygen atoms in total. The molecule has 0 amide bonds. The van der Waals surface area contributed by atoms with Crippen molar-refractivity contribution >= 4 is 11.6 Å². The molecular formula is C10H15ClN2O. The van der Waals surface area contributed by atoms with Gasteiger partial charge >= 0.3 is 0 Å². The number of aromatic nitrogens is 2. The van der Waals surface area contributed by atoms with Crippen molar-refractivity contribution in [3.05, 3.63) is 22.7 Å². The van der Waals surface area contributed by atoms with Gasteiger partial charge in [0.05, 0.1) is 6.61 Å². The maximum atomic E-state index is 5.88. The predicted molar refractivity (Wildman–Crippen MR) is 56.7 cm³/mol. The first-order valence-electron chi connectivity index (χ1n) is 4.69. The van der Waals surface area contributed by atoms with Crippen molar-refractivity contribution in [3.8, 4) is 0 Å². The van der Waals surface area contributed by atoms with Crippen molar-refractivity contribution < 1.29 is 4.74 Å². The van der Waals surface area contributed by atoms with Crippen LogP contribution >= 0.6 is 11.6 Å². The van der Waals surface area contributed by atoms with E-state index in [9.17, 15) is 0 Å². The Morgan fingerprint density at radius 2 is 2.21 bits per heavy atom. The van der Waals surface area contributed by atoms with E-state index < -0.39 is 0 Å². The summed E-state index contributed by atoms with van der Waals surface area (Å²) in [7, 11) is 1.67. The molecule has 1 unspecified atom stereocenters. The third-order valence-corrected chi connectivity index (χ3v) is 2.18. The zero-order chi connectivity index (χ0) is 10.6. The van der Waals surface area contributed by atoms with Gasteiger partial charge in [-0.25, -0.2) is 9.97 Å². The Morgan fingerprint density at radius 1 is 1.50 bits per heavy atom. The van der Waals surface area contributed by atoms with Gasteiger partial charge in [0, 0.05) is 18.7 Å². The SMILES string of the molecule is CCc1cc(Cl)nc(C(C)COC)n1. The van der Waals surface area contributed by atoms with E-state index in [1.165, 1.54) is 0 Å². The van der Waals surface area contributed by atoms with Crippen molar-refractivity contribution in [1.29, 1.82) is 0 Å². The first-order valence-corrected chi connectivity index (χ1v) is 5.07. The zero-order valence-corrected chi connectivity index (χ0v) is 9.51. The Kier molecular flexibility index (Phi) is 4.29. The molecule has 14 heavy (non-hydrogen) atoms.